The molecule has 2 rings (SSSR count). The fourth-order valence-electron chi connectivity index (χ4n) is 1.67. The van der Waals surface area contributed by atoms with Crippen LogP contribution in [0.4, 0.5) is 0 Å². The van der Waals surface area contributed by atoms with E-state index in [1.165, 1.54) is 12.1 Å². The van der Waals surface area contributed by atoms with Gasteiger partial charge in [0.25, 0.3) is 0 Å². The topological polar surface area (TPSA) is 34.1 Å². The highest BCUT2D eigenvalue weighted by molar-refractivity contribution is 7.90. The maximum absolute atomic E-state index is 11.6. The Bertz CT molecular complexity index is 740. The Labute approximate surface area is 126 Å². The smallest absolute Gasteiger partial charge is 0.177 e. The van der Waals surface area contributed by atoms with E-state index in [9.17, 15) is 8.42 Å². The lowest BCUT2D eigenvalue weighted by molar-refractivity contribution is 0.602. The number of hydrogen-bond donors (Lipinski definition) is 0. The van der Waals surface area contributed by atoms with Crippen molar-refractivity contribution < 1.29 is 8.42 Å². The Morgan fingerprint density at radius 3 is 2.16 bits per heavy atom. The van der Waals surface area contributed by atoms with Crippen molar-refractivity contribution in [1.82, 2.24) is 0 Å². The molecule has 0 fully saturated rings. The molecule has 0 unspecified atom stereocenters. The Morgan fingerprint density at radius 2 is 1.53 bits per heavy atom. The molecule has 0 saturated heterocycles. The summed E-state index contributed by atoms with van der Waals surface area (Å²) < 4.78 is 23.3. The van der Waals surface area contributed by atoms with E-state index >= 15 is 0 Å². The maximum Gasteiger partial charge on any atom is 0.177 e. The minimum atomic E-state index is -3.39. The fourth-order valence-corrected chi connectivity index (χ4v) is 3.37. The van der Waals surface area contributed by atoms with Crippen molar-refractivity contribution in [3.63, 3.8) is 0 Å². The lowest BCUT2D eigenvalue weighted by atomic mass is 10.1. The van der Waals surface area contributed by atoms with Gasteiger partial charge in [0.1, 0.15) is 0 Å². The molecule has 0 aliphatic heterocycles. The molecule has 0 radical (unpaired) electrons. The normalized spacial score (nSPS) is 11.6. The van der Waals surface area contributed by atoms with Crippen LogP contribution in [-0.2, 0) is 9.84 Å². The van der Waals surface area contributed by atoms with Crippen molar-refractivity contribution in [1.29, 1.82) is 0 Å². The summed E-state index contributed by atoms with van der Waals surface area (Å²) in [7, 11) is -3.39. The fraction of sp³-hybridized carbons (Fsp3) is 0.0769. The highest BCUT2D eigenvalue weighted by Gasteiger charge is 2.14. The molecule has 0 saturated carbocycles. The van der Waals surface area contributed by atoms with Gasteiger partial charge in [-0.2, -0.15) is 0 Å². The first-order valence-corrected chi connectivity index (χ1v) is 8.26. The van der Waals surface area contributed by atoms with Crippen LogP contribution in [0.5, 0.6) is 0 Å². The van der Waals surface area contributed by atoms with Crippen LogP contribution in [0.3, 0.4) is 0 Å². The van der Waals surface area contributed by atoms with Crippen LogP contribution in [0, 0.1) is 0 Å². The molecular weight excluding hydrogens is 327 g/mol. The minimum Gasteiger partial charge on any atom is -0.224 e. The van der Waals surface area contributed by atoms with E-state index in [0.717, 1.165) is 6.26 Å². The van der Waals surface area contributed by atoms with Crippen LogP contribution < -0.4 is 0 Å². The van der Waals surface area contributed by atoms with E-state index in [0.29, 0.717) is 21.2 Å². The molecule has 0 N–H and O–H groups in total. The first kappa shape index (κ1) is 14.7. The quantitative estimate of drug-likeness (QED) is 0.796. The molecule has 2 nitrogen and oxygen atoms in total. The van der Waals surface area contributed by atoms with Crippen molar-refractivity contribution in [2.75, 3.05) is 6.26 Å². The molecular formula is C13H9Cl3O2S. The summed E-state index contributed by atoms with van der Waals surface area (Å²) in [6.07, 6.45) is 1.11. The van der Waals surface area contributed by atoms with Gasteiger partial charge in [0.15, 0.2) is 9.84 Å². The van der Waals surface area contributed by atoms with Gasteiger partial charge in [-0.15, -0.1) is 0 Å². The third-order valence-electron chi connectivity index (χ3n) is 2.57. The van der Waals surface area contributed by atoms with Crippen LogP contribution >= 0.6 is 34.8 Å². The summed E-state index contributed by atoms with van der Waals surface area (Å²) in [5, 5.41) is 1.20. The summed E-state index contributed by atoms with van der Waals surface area (Å²) in [6.45, 7) is 0. The summed E-state index contributed by atoms with van der Waals surface area (Å²) in [4.78, 5) is 0.0720. The monoisotopic (exact) mass is 334 g/mol. The van der Waals surface area contributed by atoms with Crippen molar-refractivity contribution >= 4 is 44.6 Å². The molecule has 0 spiro atoms. The van der Waals surface area contributed by atoms with Crippen molar-refractivity contribution in [2.24, 2.45) is 0 Å². The van der Waals surface area contributed by atoms with Gasteiger partial charge in [0.2, 0.25) is 0 Å². The lowest BCUT2D eigenvalue weighted by Gasteiger charge is -2.08. The molecule has 0 aliphatic carbocycles. The van der Waals surface area contributed by atoms with Gasteiger partial charge in [0, 0.05) is 21.9 Å². The van der Waals surface area contributed by atoms with Gasteiger partial charge in [-0.05, 0) is 35.9 Å². The average Bonchev–Trinajstić information content (AvgIpc) is 2.31. The molecule has 0 aliphatic rings. The minimum absolute atomic E-state index is 0.0720. The van der Waals surface area contributed by atoms with Crippen molar-refractivity contribution in [2.45, 2.75) is 4.90 Å². The third kappa shape index (κ3) is 3.23. The van der Waals surface area contributed by atoms with Crippen LogP contribution in [0.15, 0.2) is 41.3 Å². The Hall–Kier alpha value is -0.740. The summed E-state index contributed by atoms with van der Waals surface area (Å²) in [6, 6.07) is 9.74. The average molecular weight is 336 g/mol. The maximum atomic E-state index is 11.6. The lowest BCUT2D eigenvalue weighted by Crippen LogP contribution is -1.98. The second-order valence-electron chi connectivity index (χ2n) is 4.04. The highest BCUT2D eigenvalue weighted by atomic mass is 35.5. The van der Waals surface area contributed by atoms with Crippen LogP contribution in [-0.4, -0.2) is 14.7 Å². The SMILES string of the molecule is CS(=O)(=O)c1cc(-c2cc(Cl)ccc2Cl)ccc1Cl. The molecule has 0 heterocycles. The summed E-state index contributed by atoms with van der Waals surface area (Å²) in [5.41, 5.74) is 1.31. The van der Waals surface area contributed by atoms with Crippen LogP contribution in [0.2, 0.25) is 15.1 Å². The summed E-state index contributed by atoms with van der Waals surface area (Å²) in [5.74, 6) is 0. The van der Waals surface area contributed by atoms with E-state index in [-0.39, 0.29) is 9.92 Å². The number of hydrogen-bond acceptors (Lipinski definition) is 2. The van der Waals surface area contributed by atoms with Gasteiger partial charge < -0.3 is 0 Å². The van der Waals surface area contributed by atoms with Crippen LogP contribution in [0.1, 0.15) is 0 Å². The van der Waals surface area contributed by atoms with E-state index in [1.54, 1.807) is 24.3 Å². The number of benzene rings is 2. The zero-order valence-corrected chi connectivity index (χ0v) is 12.9. The third-order valence-corrected chi connectivity index (χ3v) is 4.71. The molecule has 6 heteroatoms. The first-order valence-electron chi connectivity index (χ1n) is 5.24. The van der Waals surface area contributed by atoms with E-state index < -0.39 is 9.84 Å². The van der Waals surface area contributed by atoms with Gasteiger partial charge in [-0.25, -0.2) is 8.42 Å². The molecule has 2 aromatic carbocycles. The zero-order chi connectivity index (χ0) is 14.2. The van der Waals surface area contributed by atoms with Crippen molar-refractivity contribution in [3.8, 4) is 11.1 Å². The van der Waals surface area contributed by atoms with E-state index in [4.69, 9.17) is 34.8 Å². The second-order valence-corrected chi connectivity index (χ2v) is 7.28. The number of sulfone groups is 1. The highest BCUT2D eigenvalue weighted by Crippen LogP contribution is 2.33. The predicted molar refractivity (Wildman–Crippen MR) is 80.0 cm³/mol. The van der Waals surface area contributed by atoms with Crippen molar-refractivity contribution in [3.05, 3.63) is 51.5 Å². The molecule has 2 aromatic rings. The van der Waals surface area contributed by atoms with Gasteiger partial charge >= 0.3 is 0 Å². The Kier molecular flexibility index (Phi) is 4.11. The van der Waals surface area contributed by atoms with E-state index in [1.807, 2.05) is 0 Å². The molecule has 0 amide bonds. The summed E-state index contributed by atoms with van der Waals surface area (Å²) >= 11 is 17.9. The molecule has 0 aromatic heterocycles. The zero-order valence-electron chi connectivity index (χ0n) is 9.82. The molecule has 100 valence electrons. The van der Waals surface area contributed by atoms with E-state index in [2.05, 4.69) is 0 Å². The number of halogens is 3. The largest absolute Gasteiger partial charge is 0.224 e. The number of rotatable bonds is 2. The standard InChI is InChI=1S/C13H9Cl3O2S/c1-19(17,18)13-6-8(2-4-12(13)16)10-7-9(14)3-5-11(10)15/h2-7H,1H3. The first-order chi connectivity index (χ1) is 8.79. The second kappa shape index (κ2) is 5.33. The van der Waals surface area contributed by atoms with Gasteiger partial charge in [-0.1, -0.05) is 40.9 Å². The van der Waals surface area contributed by atoms with Gasteiger partial charge in [0.05, 0.1) is 9.92 Å². The van der Waals surface area contributed by atoms with Gasteiger partial charge in [-0.3, -0.25) is 0 Å². The molecule has 0 bridgehead atoms. The molecule has 0 atom stereocenters. The predicted octanol–water partition coefficient (Wildman–Crippen LogP) is 4.72. The Balaban J connectivity index is 2.68. The molecule has 19 heavy (non-hydrogen) atoms. The van der Waals surface area contributed by atoms with Crippen LogP contribution in [0.25, 0.3) is 11.1 Å². The Morgan fingerprint density at radius 1 is 0.895 bits per heavy atom.